The molecule has 2 fully saturated rings. The lowest BCUT2D eigenvalue weighted by molar-refractivity contribution is -0.133. The number of ether oxygens (including phenoxy) is 1. The van der Waals surface area contributed by atoms with Crippen LogP contribution in [0.3, 0.4) is 0 Å². The van der Waals surface area contributed by atoms with E-state index >= 15 is 0 Å². The maximum atomic E-state index is 12.7. The maximum absolute atomic E-state index is 12.7. The standard InChI is InChI=1S/C22H27N5O3/c1-16-3-5-18(6-4-16)27-14-13-26(22(27)29)15-21(28)25-11-8-19(9-12-25)30-20-7-10-23-17(2)24-20/h3-7,10,19H,8-9,11-15H2,1-2H3. The molecule has 0 aliphatic carbocycles. The number of amides is 3. The van der Waals surface area contributed by atoms with Crippen molar-refractivity contribution in [3.63, 3.8) is 0 Å². The Labute approximate surface area is 176 Å². The van der Waals surface area contributed by atoms with Crippen LogP contribution in [0.2, 0.25) is 0 Å². The second-order valence-electron chi connectivity index (χ2n) is 7.83. The molecule has 0 saturated carbocycles. The summed E-state index contributed by atoms with van der Waals surface area (Å²) in [7, 11) is 0. The zero-order valence-corrected chi connectivity index (χ0v) is 17.5. The zero-order chi connectivity index (χ0) is 21.1. The fourth-order valence-electron chi connectivity index (χ4n) is 3.85. The zero-order valence-electron chi connectivity index (χ0n) is 17.5. The highest BCUT2D eigenvalue weighted by Gasteiger charge is 2.33. The second-order valence-corrected chi connectivity index (χ2v) is 7.83. The van der Waals surface area contributed by atoms with E-state index < -0.39 is 0 Å². The van der Waals surface area contributed by atoms with Crippen molar-refractivity contribution in [3.05, 3.63) is 47.9 Å². The van der Waals surface area contributed by atoms with Crippen LogP contribution in [0.4, 0.5) is 10.5 Å². The molecule has 1 aromatic carbocycles. The number of likely N-dealkylation sites (tertiary alicyclic amines) is 1. The van der Waals surface area contributed by atoms with Crippen molar-refractivity contribution in [2.45, 2.75) is 32.8 Å². The van der Waals surface area contributed by atoms with Crippen molar-refractivity contribution in [2.24, 2.45) is 0 Å². The van der Waals surface area contributed by atoms with E-state index in [1.807, 2.05) is 43.0 Å². The average molecular weight is 409 g/mol. The average Bonchev–Trinajstić information content (AvgIpc) is 3.09. The topological polar surface area (TPSA) is 78.9 Å². The summed E-state index contributed by atoms with van der Waals surface area (Å²) in [6.45, 7) is 6.37. The lowest BCUT2D eigenvalue weighted by atomic mass is 10.1. The maximum Gasteiger partial charge on any atom is 0.325 e. The van der Waals surface area contributed by atoms with Crippen molar-refractivity contribution in [2.75, 3.05) is 37.6 Å². The number of rotatable bonds is 5. The van der Waals surface area contributed by atoms with Crippen molar-refractivity contribution >= 4 is 17.6 Å². The number of hydrogen-bond acceptors (Lipinski definition) is 5. The molecular weight excluding hydrogens is 382 g/mol. The summed E-state index contributed by atoms with van der Waals surface area (Å²) >= 11 is 0. The summed E-state index contributed by atoms with van der Waals surface area (Å²) in [6, 6.07) is 9.52. The van der Waals surface area contributed by atoms with Crippen LogP contribution in [-0.2, 0) is 4.79 Å². The first-order chi connectivity index (χ1) is 14.5. The van der Waals surface area contributed by atoms with E-state index in [1.165, 1.54) is 0 Å². The predicted octanol–water partition coefficient (Wildman–Crippen LogP) is 2.41. The molecule has 2 aromatic rings. The van der Waals surface area contributed by atoms with Gasteiger partial charge in [0.25, 0.3) is 0 Å². The van der Waals surface area contributed by atoms with Gasteiger partial charge in [0.15, 0.2) is 0 Å². The lowest BCUT2D eigenvalue weighted by Gasteiger charge is -2.32. The molecule has 1 aromatic heterocycles. The highest BCUT2D eigenvalue weighted by atomic mass is 16.5. The SMILES string of the molecule is Cc1ccc(N2CCN(CC(=O)N3CCC(Oc4ccnc(C)n4)CC3)C2=O)cc1. The number of carbonyl (C=O) groups is 2. The van der Waals surface area contributed by atoms with E-state index in [4.69, 9.17) is 4.74 Å². The second kappa shape index (κ2) is 8.69. The van der Waals surface area contributed by atoms with Gasteiger partial charge in [-0.05, 0) is 26.0 Å². The van der Waals surface area contributed by atoms with Crippen molar-refractivity contribution in [1.82, 2.24) is 19.8 Å². The van der Waals surface area contributed by atoms with Crippen LogP contribution in [0.25, 0.3) is 0 Å². The quantitative estimate of drug-likeness (QED) is 0.758. The minimum absolute atomic E-state index is 0.00885. The Kier molecular flexibility index (Phi) is 5.83. The fraction of sp³-hybridized carbons (Fsp3) is 0.455. The molecule has 0 radical (unpaired) electrons. The highest BCUT2D eigenvalue weighted by Crippen LogP contribution is 2.22. The number of aryl methyl sites for hydroxylation is 2. The third kappa shape index (κ3) is 4.53. The normalized spacial score (nSPS) is 17.5. The first-order valence-electron chi connectivity index (χ1n) is 10.4. The first-order valence-corrected chi connectivity index (χ1v) is 10.4. The Bertz CT molecular complexity index is 909. The molecule has 3 heterocycles. The van der Waals surface area contributed by atoms with Crippen LogP contribution >= 0.6 is 0 Å². The van der Waals surface area contributed by atoms with Crippen LogP contribution < -0.4 is 9.64 Å². The summed E-state index contributed by atoms with van der Waals surface area (Å²) in [4.78, 5) is 39.0. The minimum Gasteiger partial charge on any atom is -0.474 e. The van der Waals surface area contributed by atoms with Gasteiger partial charge in [-0.3, -0.25) is 9.69 Å². The van der Waals surface area contributed by atoms with Gasteiger partial charge in [0.1, 0.15) is 18.5 Å². The van der Waals surface area contributed by atoms with Crippen LogP contribution in [0.1, 0.15) is 24.2 Å². The summed E-state index contributed by atoms with van der Waals surface area (Å²) < 4.78 is 5.93. The van der Waals surface area contributed by atoms with E-state index in [2.05, 4.69) is 9.97 Å². The van der Waals surface area contributed by atoms with Crippen LogP contribution in [0, 0.1) is 13.8 Å². The largest absolute Gasteiger partial charge is 0.474 e. The van der Waals surface area contributed by atoms with E-state index in [1.54, 1.807) is 22.1 Å². The van der Waals surface area contributed by atoms with E-state index in [0.29, 0.717) is 37.9 Å². The molecule has 2 aliphatic heterocycles. The molecule has 2 saturated heterocycles. The van der Waals surface area contributed by atoms with Gasteiger partial charge < -0.3 is 14.5 Å². The predicted molar refractivity (Wildman–Crippen MR) is 112 cm³/mol. The summed E-state index contributed by atoms with van der Waals surface area (Å²) in [5, 5.41) is 0. The number of nitrogens with zero attached hydrogens (tertiary/aromatic N) is 5. The number of urea groups is 1. The lowest BCUT2D eigenvalue weighted by Crippen LogP contribution is -2.47. The molecule has 30 heavy (non-hydrogen) atoms. The Balaban J connectivity index is 1.27. The third-order valence-electron chi connectivity index (χ3n) is 5.60. The Morgan fingerprint density at radius 3 is 2.50 bits per heavy atom. The number of carbonyl (C=O) groups excluding carboxylic acids is 2. The summed E-state index contributed by atoms with van der Waals surface area (Å²) in [6.07, 6.45) is 3.22. The smallest absolute Gasteiger partial charge is 0.325 e. The van der Waals surface area contributed by atoms with Gasteiger partial charge in [0.2, 0.25) is 11.8 Å². The fourth-order valence-corrected chi connectivity index (χ4v) is 3.85. The number of anilines is 1. The van der Waals surface area contributed by atoms with Gasteiger partial charge in [-0.2, -0.15) is 4.98 Å². The van der Waals surface area contributed by atoms with Gasteiger partial charge in [-0.1, -0.05) is 17.7 Å². The Morgan fingerprint density at radius 2 is 1.80 bits per heavy atom. The van der Waals surface area contributed by atoms with Gasteiger partial charge in [0.05, 0.1) is 0 Å². The third-order valence-corrected chi connectivity index (χ3v) is 5.60. The van der Waals surface area contributed by atoms with E-state index in [-0.39, 0.29) is 24.6 Å². The summed E-state index contributed by atoms with van der Waals surface area (Å²) in [5.41, 5.74) is 2.03. The molecule has 4 rings (SSSR count). The number of hydrogen-bond donors (Lipinski definition) is 0. The van der Waals surface area contributed by atoms with Crippen molar-refractivity contribution in [1.29, 1.82) is 0 Å². The van der Waals surface area contributed by atoms with Crippen LogP contribution in [0.5, 0.6) is 5.88 Å². The molecule has 158 valence electrons. The van der Waals surface area contributed by atoms with Gasteiger partial charge in [0, 0.05) is 57.0 Å². The molecule has 3 amide bonds. The molecule has 2 aliphatic rings. The first kappa shape index (κ1) is 20.1. The number of benzene rings is 1. The number of piperidine rings is 1. The summed E-state index contributed by atoms with van der Waals surface area (Å²) in [5.74, 6) is 1.24. The molecule has 0 N–H and O–H groups in total. The minimum atomic E-state index is -0.107. The van der Waals surface area contributed by atoms with Crippen LogP contribution in [-0.4, -0.2) is 70.5 Å². The molecule has 8 heteroatoms. The number of aromatic nitrogens is 2. The van der Waals surface area contributed by atoms with E-state index in [0.717, 1.165) is 24.1 Å². The Hall–Kier alpha value is -3.16. The molecule has 0 spiro atoms. The van der Waals surface area contributed by atoms with Crippen LogP contribution in [0.15, 0.2) is 36.5 Å². The van der Waals surface area contributed by atoms with Crippen molar-refractivity contribution < 1.29 is 14.3 Å². The van der Waals surface area contributed by atoms with Crippen molar-refractivity contribution in [3.8, 4) is 5.88 Å². The van der Waals surface area contributed by atoms with Gasteiger partial charge >= 0.3 is 6.03 Å². The Morgan fingerprint density at radius 1 is 1.07 bits per heavy atom. The molecule has 0 atom stereocenters. The monoisotopic (exact) mass is 409 g/mol. The molecule has 0 unspecified atom stereocenters. The molecule has 0 bridgehead atoms. The highest BCUT2D eigenvalue weighted by molar-refractivity contribution is 5.96. The molecular formula is C22H27N5O3. The van der Waals surface area contributed by atoms with Gasteiger partial charge in [-0.15, -0.1) is 0 Å². The van der Waals surface area contributed by atoms with Gasteiger partial charge in [-0.25, -0.2) is 9.78 Å². The molecule has 8 nitrogen and oxygen atoms in total. The van der Waals surface area contributed by atoms with E-state index in [9.17, 15) is 9.59 Å².